The molecule has 0 bridgehead atoms. The van der Waals surface area contributed by atoms with Crippen LogP contribution in [-0.4, -0.2) is 257 Å². The molecule has 0 aromatic rings. The van der Waals surface area contributed by atoms with Crippen LogP contribution in [0, 0.1) is 34.5 Å². The summed E-state index contributed by atoms with van der Waals surface area (Å²) in [4.78, 5) is 25.9. The molecule has 0 aromatic heterocycles. The molecule has 0 radical (unpaired) electrons. The van der Waals surface area contributed by atoms with E-state index in [1.807, 2.05) is 27.7 Å². The summed E-state index contributed by atoms with van der Waals surface area (Å²) in [6.45, 7) is 14.9. The van der Waals surface area contributed by atoms with Crippen LogP contribution in [0.4, 0.5) is 0 Å². The molecule has 9 fully saturated rings. The summed E-state index contributed by atoms with van der Waals surface area (Å²) in [7, 11) is 4.70. The van der Waals surface area contributed by atoms with E-state index in [9.17, 15) is 55.5 Å². The minimum atomic E-state index is -1.82. The van der Waals surface area contributed by atoms with Gasteiger partial charge in [-0.05, 0) is 109 Å². The molecule has 0 aromatic carbocycles. The first-order chi connectivity index (χ1) is 41.1. The summed E-state index contributed by atoms with van der Waals surface area (Å²) in [6.07, 6.45) is -19.4. The lowest BCUT2D eigenvalue weighted by Gasteiger charge is -2.66. The Labute approximate surface area is 510 Å². The maximum Gasteiger partial charge on any atom is 0.309 e. The van der Waals surface area contributed by atoms with E-state index in [4.69, 9.17) is 71.1 Å². The van der Waals surface area contributed by atoms with E-state index >= 15 is 0 Å². The lowest BCUT2D eigenvalue weighted by Crippen LogP contribution is -2.72. The smallest absolute Gasteiger partial charge is 0.309 e. The van der Waals surface area contributed by atoms with E-state index in [-0.39, 0.29) is 60.9 Å². The first kappa shape index (κ1) is 69.4. The highest BCUT2D eigenvalue weighted by atomic mass is 16.8. The maximum absolute atomic E-state index is 13.1. The highest BCUT2D eigenvalue weighted by Crippen LogP contribution is 2.71. The van der Waals surface area contributed by atoms with Crippen molar-refractivity contribution in [3.05, 3.63) is 0 Å². The molecule has 5 saturated heterocycles. The summed E-state index contributed by atoms with van der Waals surface area (Å²) < 4.78 is 92.8. The molecule has 4 aliphatic carbocycles. The molecule has 26 heteroatoms. The van der Waals surface area contributed by atoms with Crippen molar-refractivity contribution in [1.82, 2.24) is 0 Å². The minimum Gasteiger partial charge on any atom is -0.462 e. The van der Waals surface area contributed by atoms with Crippen LogP contribution in [-0.2, 0) is 80.6 Å². The number of methoxy groups -OCH3 is 3. The summed E-state index contributed by atoms with van der Waals surface area (Å²) >= 11 is 0. The van der Waals surface area contributed by atoms with Gasteiger partial charge >= 0.3 is 11.9 Å². The van der Waals surface area contributed by atoms with Crippen LogP contribution in [0.1, 0.15) is 139 Å². The van der Waals surface area contributed by atoms with Gasteiger partial charge in [0.05, 0.1) is 72.9 Å². The second-order valence-electron chi connectivity index (χ2n) is 26.9. The monoisotopic (exact) mass is 1250 g/mol. The van der Waals surface area contributed by atoms with Crippen LogP contribution in [0.5, 0.6) is 0 Å². The number of aliphatic hydroxyl groups excluding tert-OH is 7. The third kappa shape index (κ3) is 13.1. The van der Waals surface area contributed by atoms with Crippen molar-refractivity contribution < 1.29 is 127 Å². The quantitative estimate of drug-likeness (QED) is 0.0607. The SMILES string of the molecule is CC[C@@H](C)C(=O)O[C@@H](C)[C@]1(O)CC[C@]2(O)[C@@H]3CC[C@H]4C[C@@H](O[C@H]5C[C@H](OC)[C@H](O[C@H]6C[C@H](OC)[C@H](O[C@H]7C[C@@H](OC)[C@H](O[C@@H]8O[C@H](CO)[C@@H](O[C@@H]9O[C@H](CO)[C@@H](O)[C@H](O)[C@H]9O)[C@H](O)[C@H]8O)[C@@H](C)O7)[C@@H](C)O6)[C@@H](C)O5)CC[C@]4(C)[C@H]3C[C@@H](OC(C)=O)[C@]12C. The average Bonchev–Trinajstić information content (AvgIpc) is 1.61. The average molecular weight is 1250 g/mol. The van der Waals surface area contributed by atoms with E-state index in [1.54, 1.807) is 35.0 Å². The molecule has 0 amide bonds. The molecule has 5 aliphatic heterocycles. The zero-order valence-electron chi connectivity index (χ0n) is 52.6. The normalized spacial score (nSPS) is 50.9. The Morgan fingerprint density at radius 3 is 1.60 bits per heavy atom. The van der Waals surface area contributed by atoms with Crippen molar-refractivity contribution in [1.29, 1.82) is 0 Å². The molecule has 0 unspecified atom stereocenters. The van der Waals surface area contributed by atoms with Crippen LogP contribution >= 0.6 is 0 Å². The predicted molar refractivity (Wildman–Crippen MR) is 299 cm³/mol. The van der Waals surface area contributed by atoms with Crippen molar-refractivity contribution in [3.63, 3.8) is 0 Å². The number of rotatable bonds is 20. The standard InChI is InChI=1S/C61H102O26/c1-13-27(2)55(70)79-31(6)60(71)18-19-61(72)35-15-14-33-20-34(16-17-58(33,8)36(35)21-42(59(60,61)9)80-32(7)64)81-43-22-37(73-10)51(28(3)76-43)84-44-23-38(74-11)52(29(4)77-44)85-45-24-39(75-12)53(30(5)78-45)86-57-50(69)48(67)54(41(26-63)83-57)87-56-49(68)47(66)46(65)40(25-62)82-56/h27-31,33-54,56-57,62-63,65-69,71-72H,13-26H2,1-12H3/t27-,28-,29-,30-,31+,33+,34+,35-,36+,37+,38+,39-,40-,41-,42-,43+,44+,45+,46-,47+,48-,49-,50-,51-,52-,53-,54-,56+,57+,58+,59-,60-,61+/m1/s1. The Morgan fingerprint density at radius 2 is 1.08 bits per heavy atom. The van der Waals surface area contributed by atoms with Gasteiger partial charge in [0.25, 0.3) is 0 Å². The number of hydrogen-bond donors (Lipinski definition) is 9. The molecular formula is C61H102O26. The van der Waals surface area contributed by atoms with Gasteiger partial charge in [-0.2, -0.15) is 0 Å². The molecule has 87 heavy (non-hydrogen) atoms. The van der Waals surface area contributed by atoms with Gasteiger partial charge in [0.2, 0.25) is 0 Å². The van der Waals surface area contributed by atoms with Crippen LogP contribution in [0.2, 0.25) is 0 Å². The molecule has 5 heterocycles. The number of hydrogen-bond acceptors (Lipinski definition) is 26. The molecule has 9 aliphatic rings. The number of carbonyl (C=O) groups is 2. The Morgan fingerprint density at radius 1 is 0.575 bits per heavy atom. The fraction of sp³-hybridized carbons (Fsp3) is 0.967. The molecule has 33 atom stereocenters. The molecular weight excluding hydrogens is 1150 g/mol. The van der Waals surface area contributed by atoms with E-state index < -0.39 is 189 Å². The van der Waals surface area contributed by atoms with Crippen molar-refractivity contribution in [3.8, 4) is 0 Å². The van der Waals surface area contributed by atoms with E-state index in [2.05, 4.69) is 6.92 Å². The van der Waals surface area contributed by atoms with Crippen LogP contribution in [0.15, 0.2) is 0 Å². The highest BCUT2D eigenvalue weighted by Gasteiger charge is 2.77. The lowest BCUT2D eigenvalue weighted by atomic mass is 9.42. The predicted octanol–water partition coefficient (Wildman–Crippen LogP) is 1.01. The molecule has 502 valence electrons. The van der Waals surface area contributed by atoms with Gasteiger partial charge in [-0.15, -0.1) is 0 Å². The van der Waals surface area contributed by atoms with Gasteiger partial charge in [0.1, 0.15) is 85.0 Å². The summed E-state index contributed by atoms with van der Waals surface area (Å²) in [5.41, 5.74) is -4.54. The Balaban J connectivity index is 0.765. The second kappa shape index (κ2) is 27.9. The van der Waals surface area contributed by atoms with Crippen LogP contribution < -0.4 is 0 Å². The third-order valence-corrected chi connectivity index (χ3v) is 22.3. The fourth-order valence-electron chi connectivity index (χ4n) is 16.8. The fourth-order valence-corrected chi connectivity index (χ4v) is 16.8. The van der Waals surface area contributed by atoms with E-state index in [0.717, 1.165) is 32.1 Å². The summed E-state index contributed by atoms with van der Waals surface area (Å²) in [5.74, 6) is -1.19. The Kier molecular flexibility index (Phi) is 22.3. The number of esters is 2. The summed E-state index contributed by atoms with van der Waals surface area (Å²) in [6, 6.07) is 0. The number of fused-ring (bicyclic) bond motifs is 5. The van der Waals surface area contributed by atoms with Crippen LogP contribution in [0.25, 0.3) is 0 Å². The van der Waals surface area contributed by atoms with Gasteiger partial charge in [-0.1, -0.05) is 27.7 Å². The second-order valence-corrected chi connectivity index (χ2v) is 26.9. The van der Waals surface area contributed by atoms with Crippen LogP contribution in [0.3, 0.4) is 0 Å². The minimum absolute atomic E-state index is 0.00862. The van der Waals surface area contributed by atoms with Gasteiger partial charge in [0, 0.05) is 47.5 Å². The van der Waals surface area contributed by atoms with Gasteiger partial charge in [0.15, 0.2) is 31.5 Å². The number of ether oxygens (including phenoxy) is 15. The third-order valence-electron chi connectivity index (χ3n) is 22.3. The molecule has 9 rings (SSSR count). The van der Waals surface area contributed by atoms with E-state index in [0.29, 0.717) is 19.3 Å². The lowest BCUT2D eigenvalue weighted by molar-refractivity contribution is -0.376. The largest absolute Gasteiger partial charge is 0.462 e. The van der Waals surface area contributed by atoms with E-state index in [1.165, 1.54) is 14.0 Å². The summed E-state index contributed by atoms with van der Waals surface area (Å²) in [5, 5.41) is 99.2. The topological polar surface area (TPSA) is 355 Å². The zero-order valence-corrected chi connectivity index (χ0v) is 52.6. The number of aliphatic hydroxyl groups is 9. The molecule has 9 N–H and O–H groups in total. The first-order valence-electron chi connectivity index (χ1n) is 31.7. The Bertz CT molecular complexity index is 2270. The molecule has 0 spiro atoms. The van der Waals surface area contributed by atoms with Crippen molar-refractivity contribution in [2.75, 3.05) is 34.5 Å². The maximum atomic E-state index is 13.1. The first-order valence-corrected chi connectivity index (χ1v) is 31.7. The zero-order chi connectivity index (χ0) is 63.4. The number of carbonyl (C=O) groups excluding carboxylic acids is 2. The molecule has 26 nitrogen and oxygen atoms in total. The highest BCUT2D eigenvalue weighted by molar-refractivity contribution is 5.72. The van der Waals surface area contributed by atoms with Crippen molar-refractivity contribution in [2.45, 2.75) is 304 Å². The van der Waals surface area contributed by atoms with Crippen molar-refractivity contribution >= 4 is 11.9 Å². The van der Waals surface area contributed by atoms with Gasteiger partial charge < -0.3 is 117 Å². The van der Waals surface area contributed by atoms with Gasteiger partial charge in [-0.3, -0.25) is 9.59 Å². The Hall–Kier alpha value is -1.94. The molecule has 4 saturated carbocycles. The van der Waals surface area contributed by atoms with Gasteiger partial charge in [-0.25, -0.2) is 0 Å². The van der Waals surface area contributed by atoms with Crippen molar-refractivity contribution in [2.24, 2.45) is 34.5 Å².